The highest BCUT2D eigenvalue weighted by Crippen LogP contribution is 2.31. The molecule has 3 aromatic rings. The molecule has 0 bridgehead atoms. The third-order valence-corrected chi connectivity index (χ3v) is 6.73. The third kappa shape index (κ3) is 3.63. The van der Waals surface area contributed by atoms with Gasteiger partial charge >= 0.3 is 0 Å². The standard InChI is InChI=1S/C18H14Br2ClN3OS/c19-11-1-3-14(21)13(9-11)17(25)23-5-7-24(8-6-23)18-22-15-4-2-12(20)10-16(15)26-18/h1-4,9-10H,5-8H2. The van der Waals surface area contributed by atoms with Gasteiger partial charge in [0.05, 0.1) is 20.8 Å². The molecule has 1 saturated heterocycles. The fraction of sp³-hybridized carbons (Fsp3) is 0.222. The first-order valence-corrected chi connectivity index (χ1v) is 10.8. The molecule has 4 rings (SSSR count). The van der Waals surface area contributed by atoms with E-state index in [1.54, 1.807) is 23.5 Å². The molecule has 0 saturated carbocycles. The van der Waals surface area contributed by atoms with Crippen LogP contribution in [0, 0.1) is 0 Å². The van der Waals surface area contributed by atoms with E-state index in [4.69, 9.17) is 16.6 Å². The van der Waals surface area contributed by atoms with Crippen LogP contribution in [0.2, 0.25) is 5.02 Å². The molecular weight excluding hydrogens is 502 g/mol. The second kappa shape index (κ2) is 7.46. The lowest BCUT2D eigenvalue weighted by Crippen LogP contribution is -2.48. The van der Waals surface area contributed by atoms with Crippen LogP contribution in [-0.4, -0.2) is 42.0 Å². The Morgan fingerprint density at radius 2 is 1.73 bits per heavy atom. The minimum absolute atomic E-state index is 0.0239. The molecular formula is C18H14Br2ClN3OS. The lowest BCUT2D eigenvalue weighted by Gasteiger charge is -2.34. The van der Waals surface area contributed by atoms with Gasteiger partial charge in [-0.3, -0.25) is 4.79 Å². The van der Waals surface area contributed by atoms with Gasteiger partial charge in [0.15, 0.2) is 5.13 Å². The molecule has 0 N–H and O–H groups in total. The number of fused-ring (bicyclic) bond motifs is 1. The van der Waals surface area contributed by atoms with Gasteiger partial charge < -0.3 is 9.80 Å². The van der Waals surface area contributed by atoms with Crippen molar-refractivity contribution in [3.05, 3.63) is 55.9 Å². The van der Waals surface area contributed by atoms with E-state index in [9.17, 15) is 4.79 Å². The normalized spacial score (nSPS) is 14.9. The highest BCUT2D eigenvalue weighted by atomic mass is 79.9. The molecule has 26 heavy (non-hydrogen) atoms. The van der Waals surface area contributed by atoms with E-state index in [0.29, 0.717) is 23.7 Å². The number of aromatic nitrogens is 1. The monoisotopic (exact) mass is 513 g/mol. The van der Waals surface area contributed by atoms with Gasteiger partial charge in [-0.15, -0.1) is 0 Å². The minimum atomic E-state index is -0.0239. The van der Waals surface area contributed by atoms with Crippen molar-refractivity contribution < 1.29 is 4.79 Å². The van der Waals surface area contributed by atoms with E-state index in [1.165, 1.54) is 0 Å². The fourth-order valence-corrected chi connectivity index (χ4v) is 5.08. The summed E-state index contributed by atoms with van der Waals surface area (Å²) in [7, 11) is 0. The van der Waals surface area contributed by atoms with Gasteiger partial charge in [0.25, 0.3) is 5.91 Å². The van der Waals surface area contributed by atoms with E-state index >= 15 is 0 Å². The molecule has 134 valence electrons. The molecule has 1 aromatic heterocycles. The van der Waals surface area contributed by atoms with Crippen molar-refractivity contribution in [3.63, 3.8) is 0 Å². The van der Waals surface area contributed by atoms with Crippen LogP contribution in [0.4, 0.5) is 5.13 Å². The van der Waals surface area contributed by atoms with E-state index in [2.05, 4.69) is 42.8 Å². The molecule has 8 heteroatoms. The number of hydrogen-bond acceptors (Lipinski definition) is 4. The first-order chi connectivity index (χ1) is 12.5. The SMILES string of the molecule is O=C(c1cc(Br)ccc1Cl)N1CCN(c2nc3ccc(Br)cc3s2)CC1. The molecule has 1 aliphatic heterocycles. The molecule has 1 amide bonds. The van der Waals surface area contributed by atoms with Crippen LogP contribution >= 0.6 is 54.8 Å². The predicted molar refractivity (Wildman–Crippen MR) is 115 cm³/mol. The molecule has 0 spiro atoms. The maximum Gasteiger partial charge on any atom is 0.255 e. The summed E-state index contributed by atoms with van der Waals surface area (Å²) in [5.74, 6) is -0.0239. The number of carbonyl (C=O) groups excluding carboxylic acids is 1. The zero-order valence-electron chi connectivity index (χ0n) is 13.6. The van der Waals surface area contributed by atoms with Crippen molar-refractivity contribution in [3.8, 4) is 0 Å². The summed E-state index contributed by atoms with van der Waals surface area (Å²) >= 11 is 14.8. The molecule has 4 nitrogen and oxygen atoms in total. The average molecular weight is 516 g/mol. The summed E-state index contributed by atoms with van der Waals surface area (Å²) in [5.41, 5.74) is 1.55. The maximum absolute atomic E-state index is 12.8. The van der Waals surface area contributed by atoms with Crippen molar-refractivity contribution in [1.29, 1.82) is 0 Å². The second-order valence-corrected chi connectivity index (χ2v) is 9.26. The van der Waals surface area contributed by atoms with E-state index < -0.39 is 0 Å². The first-order valence-electron chi connectivity index (χ1n) is 8.06. The van der Waals surface area contributed by atoms with Crippen LogP contribution in [0.5, 0.6) is 0 Å². The molecule has 1 fully saturated rings. The van der Waals surface area contributed by atoms with Gasteiger partial charge in [0.2, 0.25) is 0 Å². The van der Waals surface area contributed by atoms with Crippen molar-refractivity contribution in [2.24, 2.45) is 0 Å². The van der Waals surface area contributed by atoms with Crippen molar-refractivity contribution in [2.75, 3.05) is 31.1 Å². The first kappa shape index (κ1) is 18.2. The van der Waals surface area contributed by atoms with Crippen LogP contribution in [-0.2, 0) is 0 Å². The number of benzene rings is 2. The smallest absolute Gasteiger partial charge is 0.255 e. The predicted octanol–water partition coefficient (Wildman–Crippen LogP) is 5.44. The Kier molecular flexibility index (Phi) is 5.23. The molecule has 2 heterocycles. The highest BCUT2D eigenvalue weighted by molar-refractivity contribution is 9.10. The Morgan fingerprint density at radius 1 is 1.04 bits per heavy atom. The second-order valence-electron chi connectivity index (χ2n) is 6.01. The summed E-state index contributed by atoms with van der Waals surface area (Å²) in [6.45, 7) is 2.83. The Hall–Kier alpha value is -1.15. The summed E-state index contributed by atoms with van der Waals surface area (Å²) in [6.07, 6.45) is 0. The van der Waals surface area contributed by atoms with E-state index in [-0.39, 0.29) is 5.91 Å². The number of anilines is 1. The number of thiazole rings is 1. The minimum Gasteiger partial charge on any atom is -0.345 e. The van der Waals surface area contributed by atoms with Gasteiger partial charge in [-0.1, -0.05) is 54.8 Å². The molecule has 0 unspecified atom stereocenters. The number of rotatable bonds is 2. The quantitative estimate of drug-likeness (QED) is 0.456. The number of carbonyl (C=O) groups is 1. The lowest BCUT2D eigenvalue weighted by atomic mass is 10.2. The number of nitrogens with zero attached hydrogens (tertiary/aromatic N) is 3. The molecule has 0 aliphatic carbocycles. The van der Waals surface area contributed by atoms with Gasteiger partial charge in [-0.25, -0.2) is 4.98 Å². The largest absolute Gasteiger partial charge is 0.345 e. The van der Waals surface area contributed by atoms with E-state index in [1.807, 2.05) is 23.1 Å². The number of hydrogen-bond donors (Lipinski definition) is 0. The summed E-state index contributed by atoms with van der Waals surface area (Å²) in [4.78, 5) is 21.6. The molecule has 0 radical (unpaired) electrons. The zero-order chi connectivity index (χ0) is 18.3. The van der Waals surface area contributed by atoms with Gasteiger partial charge in [-0.05, 0) is 36.4 Å². The van der Waals surface area contributed by atoms with Crippen molar-refractivity contribution in [2.45, 2.75) is 0 Å². The topological polar surface area (TPSA) is 36.4 Å². The summed E-state index contributed by atoms with van der Waals surface area (Å²) in [6, 6.07) is 11.5. The molecule has 1 aliphatic rings. The van der Waals surface area contributed by atoms with Gasteiger partial charge in [0.1, 0.15) is 0 Å². The summed E-state index contributed by atoms with van der Waals surface area (Å²) < 4.78 is 3.07. The zero-order valence-corrected chi connectivity index (χ0v) is 18.3. The van der Waals surface area contributed by atoms with Crippen LogP contribution in [0.15, 0.2) is 45.3 Å². The number of amides is 1. The van der Waals surface area contributed by atoms with Crippen molar-refractivity contribution >= 4 is 76.1 Å². The fourth-order valence-electron chi connectivity index (χ4n) is 2.95. The highest BCUT2D eigenvalue weighted by Gasteiger charge is 2.25. The van der Waals surface area contributed by atoms with Crippen molar-refractivity contribution in [1.82, 2.24) is 9.88 Å². The summed E-state index contributed by atoms with van der Waals surface area (Å²) in [5, 5.41) is 1.49. The van der Waals surface area contributed by atoms with Crippen LogP contribution in [0.25, 0.3) is 10.2 Å². The lowest BCUT2D eigenvalue weighted by molar-refractivity contribution is 0.0747. The van der Waals surface area contributed by atoms with Gasteiger partial charge in [-0.2, -0.15) is 0 Å². The Balaban J connectivity index is 1.48. The Labute approximate surface area is 177 Å². The number of halogens is 3. The van der Waals surface area contributed by atoms with Crippen LogP contribution < -0.4 is 4.90 Å². The number of piperazine rings is 1. The third-order valence-electron chi connectivity index (χ3n) is 4.34. The molecule has 2 aromatic carbocycles. The van der Waals surface area contributed by atoms with Crippen LogP contribution in [0.3, 0.4) is 0 Å². The van der Waals surface area contributed by atoms with E-state index in [0.717, 1.165) is 37.4 Å². The maximum atomic E-state index is 12.8. The van der Waals surface area contributed by atoms with Gasteiger partial charge in [0, 0.05) is 35.1 Å². The average Bonchev–Trinajstić information content (AvgIpc) is 3.06. The Bertz CT molecular complexity index is 986. The molecule has 0 atom stereocenters. The Morgan fingerprint density at radius 3 is 2.50 bits per heavy atom. The van der Waals surface area contributed by atoms with Crippen LogP contribution in [0.1, 0.15) is 10.4 Å².